The Morgan fingerprint density at radius 2 is 2.19 bits per heavy atom. The Balaban J connectivity index is 1.73. The van der Waals surface area contributed by atoms with E-state index in [1.165, 1.54) is 6.42 Å². The maximum Gasteiger partial charge on any atom is 0.284 e. The molecule has 5 heteroatoms. The zero-order valence-corrected chi connectivity index (χ0v) is 9.90. The minimum atomic E-state index is -2.33. The first-order chi connectivity index (χ1) is 7.65. The van der Waals surface area contributed by atoms with Crippen LogP contribution >= 0.6 is 11.8 Å². The van der Waals surface area contributed by atoms with E-state index in [2.05, 4.69) is 12.2 Å². The van der Waals surface area contributed by atoms with Gasteiger partial charge >= 0.3 is 0 Å². The second-order valence-electron chi connectivity index (χ2n) is 4.14. The van der Waals surface area contributed by atoms with Gasteiger partial charge in [-0.15, -0.1) is 0 Å². The van der Waals surface area contributed by atoms with Crippen LogP contribution < -0.4 is 5.32 Å². The molecule has 1 N–H and O–H groups in total. The van der Waals surface area contributed by atoms with Crippen molar-refractivity contribution in [2.75, 3.05) is 0 Å². The number of furan rings is 1. The number of hydrogen-bond acceptors (Lipinski definition) is 3. The molecule has 0 spiro atoms. The lowest BCUT2D eigenvalue weighted by molar-refractivity contribution is 0.251. The van der Waals surface area contributed by atoms with Crippen molar-refractivity contribution in [3.63, 3.8) is 0 Å². The maximum atomic E-state index is 11.9. The van der Waals surface area contributed by atoms with E-state index in [-0.39, 0.29) is 5.75 Å². The molecule has 2 rings (SSSR count). The molecule has 1 aromatic heterocycles. The quantitative estimate of drug-likeness (QED) is 0.835. The van der Waals surface area contributed by atoms with Gasteiger partial charge in [-0.05, 0) is 24.5 Å². The summed E-state index contributed by atoms with van der Waals surface area (Å²) in [5.74, 6) is 0.0926. The summed E-state index contributed by atoms with van der Waals surface area (Å²) in [7, 11) is 0. The molecule has 0 bridgehead atoms. The van der Waals surface area contributed by atoms with Crippen LogP contribution in [0.1, 0.15) is 24.9 Å². The Labute approximate surface area is 97.8 Å². The average molecular weight is 247 g/mol. The van der Waals surface area contributed by atoms with Gasteiger partial charge in [-0.25, -0.2) is 0 Å². The Morgan fingerprint density at radius 3 is 2.81 bits per heavy atom. The van der Waals surface area contributed by atoms with Crippen molar-refractivity contribution in [1.29, 1.82) is 0 Å². The standard InChI is InChI=1S/C11H15F2NOS/c1-7-4-10(7)14-5-8-2-3-9(15-8)6-16-11(12)13/h2-3,7,10-11,14H,4-6H2,1H3. The molecule has 0 radical (unpaired) electrons. The molecule has 1 aliphatic carbocycles. The zero-order valence-electron chi connectivity index (χ0n) is 9.08. The summed E-state index contributed by atoms with van der Waals surface area (Å²) < 4.78 is 29.3. The minimum absolute atomic E-state index is 0.234. The number of thioether (sulfide) groups is 1. The van der Waals surface area contributed by atoms with Crippen LogP contribution in [0.3, 0.4) is 0 Å². The molecule has 2 atom stereocenters. The van der Waals surface area contributed by atoms with E-state index < -0.39 is 5.76 Å². The van der Waals surface area contributed by atoms with Gasteiger partial charge in [-0.2, -0.15) is 8.78 Å². The highest BCUT2D eigenvalue weighted by molar-refractivity contribution is 7.98. The van der Waals surface area contributed by atoms with Crippen molar-refractivity contribution in [1.82, 2.24) is 5.32 Å². The molecule has 0 aliphatic heterocycles. The minimum Gasteiger partial charge on any atom is -0.464 e. The van der Waals surface area contributed by atoms with Gasteiger partial charge in [0.15, 0.2) is 0 Å². The maximum absolute atomic E-state index is 11.9. The summed E-state index contributed by atoms with van der Waals surface area (Å²) in [6.07, 6.45) is 1.22. The van der Waals surface area contributed by atoms with Gasteiger partial charge in [-0.1, -0.05) is 18.7 Å². The first-order valence-corrected chi connectivity index (χ1v) is 6.41. The van der Waals surface area contributed by atoms with Crippen molar-refractivity contribution in [3.8, 4) is 0 Å². The molecular formula is C11H15F2NOS. The summed E-state index contributed by atoms with van der Waals surface area (Å²) in [4.78, 5) is 0. The lowest BCUT2D eigenvalue weighted by atomic mass is 10.4. The molecule has 1 fully saturated rings. The third-order valence-corrected chi connectivity index (χ3v) is 3.42. The highest BCUT2D eigenvalue weighted by Crippen LogP contribution is 2.29. The predicted molar refractivity (Wildman–Crippen MR) is 60.4 cm³/mol. The molecule has 1 aromatic rings. The fourth-order valence-electron chi connectivity index (χ4n) is 1.58. The average Bonchev–Trinajstić information content (AvgIpc) is 2.77. The van der Waals surface area contributed by atoms with Gasteiger partial charge in [0, 0.05) is 6.04 Å². The van der Waals surface area contributed by atoms with Crippen LogP contribution in [0.2, 0.25) is 0 Å². The second-order valence-corrected chi connectivity index (χ2v) is 5.12. The largest absolute Gasteiger partial charge is 0.464 e. The van der Waals surface area contributed by atoms with E-state index in [0.717, 1.165) is 11.7 Å². The molecule has 1 aliphatic rings. The Kier molecular flexibility index (Phi) is 3.86. The van der Waals surface area contributed by atoms with E-state index >= 15 is 0 Å². The first kappa shape index (κ1) is 11.9. The normalized spacial score (nSPS) is 24.0. The first-order valence-electron chi connectivity index (χ1n) is 5.36. The van der Waals surface area contributed by atoms with Gasteiger partial charge in [-0.3, -0.25) is 0 Å². The molecule has 2 nitrogen and oxygen atoms in total. The van der Waals surface area contributed by atoms with Crippen LogP contribution in [-0.4, -0.2) is 11.8 Å². The monoisotopic (exact) mass is 247 g/mol. The summed E-state index contributed by atoms with van der Waals surface area (Å²) in [5, 5.41) is 3.35. The van der Waals surface area contributed by atoms with Crippen LogP contribution in [0.5, 0.6) is 0 Å². The highest BCUT2D eigenvalue weighted by atomic mass is 32.2. The Hall–Kier alpha value is -0.550. The SMILES string of the molecule is CC1CC1NCc1ccc(CSC(F)F)o1. The fraction of sp³-hybridized carbons (Fsp3) is 0.636. The number of hydrogen-bond donors (Lipinski definition) is 1. The lowest BCUT2D eigenvalue weighted by Crippen LogP contribution is -2.16. The van der Waals surface area contributed by atoms with Gasteiger partial charge in [0.25, 0.3) is 5.76 Å². The molecule has 16 heavy (non-hydrogen) atoms. The van der Waals surface area contributed by atoms with Crippen molar-refractivity contribution in [2.24, 2.45) is 5.92 Å². The van der Waals surface area contributed by atoms with Gasteiger partial charge in [0.05, 0.1) is 12.3 Å². The van der Waals surface area contributed by atoms with Gasteiger partial charge in [0.2, 0.25) is 0 Å². The Bertz CT molecular complexity index is 342. The Morgan fingerprint density at radius 1 is 1.50 bits per heavy atom. The smallest absolute Gasteiger partial charge is 0.284 e. The van der Waals surface area contributed by atoms with Gasteiger partial charge in [0.1, 0.15) is 11.5 Å². The van der Waals surface area contributed by atoms with E-state index in [9.17, 15) is 8.78 Å². The van der Waals surface area contributed by atoms with E-state index in [1.54, 1.807) is 6.07 Å². The molecule has 0 aromatic carbocycles. The molecule has 0 amide bonds. The van der Waals surface area contributed by atoms with E-state index in [0.29, 0.717) is 30.1 Å². The number of nitrogens with one attached hydrogen (secondary N) is 1. The molecule has 90 valence electrons. The summed E-state index contributed by atoms with van der Waals surface area (Å²) >= 11 is 0.587. The molecule has 1 heterocycles. The molecule has 0 saturated heterocycles. The number of rotatable bonds is 6. The summed E-state index contributed by atoms with van der Waals surface area (Å²) in [6, 6.07) is 4.22. The van der Waals surface area contributed by atoms with Crippen molar-refractivity contribution < 1.29 is 13.2 Å². The van der Waals surface area contributed by atoms with Crippen LogP contribution in [0.25, 0.3) is 0 Å². The summed E-state index contributed by atoms with van der Waals surface area (Å²) in [6.45, 7) is 2.89. The van der Waals surface area contributed by atoms with Crippen LogP contribution in [0.15, 0.2) is 16.5 Å². The predicted octanol–water partition coefficient (Wildman–Crippen LogP) is 3.23. The third kappa shape index (κ3) is 3.49. The summed E-state index contributed by atoms with van der Waals surface area (Å²) in [5.41, 5.74) is 0. The topological polar surface area (TPSA) is 25.2 Å². The highest BCUT2D eigenvalue weighted by Gasteiger charge is 2.31. The van der Waals surface area contributed by atoms with Gasteiger partial charge < -0.3 is 9.73 Å². The van der Waals surface area contributed by atoms with E-state index in [4.69, 9.17) is 4.42 Å². The molecular weight excluding hydrogens is 232 g/mol. The van der Waals surface area contributed by atoms with Crippen LogP contribution in [-0.2, 0) is 12.3 Å². The number of alkyl halides is 2. The third-order valence-electron chi connectivity index (χ3n) is 2.72. The van der Waals surface area contributed by atoms with Crippen LogP contribution in [0, 0.1) is 5.92 Å². The van der Waals surface area contributed by atoms with Crippen molar-refractivity contribution in [3.05, 3.63) is 23.7 Å². The lowest BCUT2D eigenvalue weighted by Gasteiger charge is -2.00. The van der Waals surface area contributed by atoms with Crippen molar-refractivity contribution >= 4 is 11.8 Å². The zero-order chi connectivity index (χ0) is 11.5. The second kappa shape index (κ2) is 5.19. The fourth-order valence-corrected chi connectivity index (χ4v) is 2.02. The van der Waals surface area contributed by atoms with Crippen molar-refractivity contribution in [2.45, 2.75) is 37.4 Å². The molecule has 1 saturated carbocycles. The van der Waals surface area contributed by atoms with E-state index in [1.807, 2.05) is 6.07 Å². The number of halogens is 2. The van der Waals surface area contributed by atoms with Crippen LogP contribution in [0.4, 0.5) is 8.78 Å². The molecule has 2 unspecified atom stereocenters.